The number of aromatic nitrogens is 1. The average molecular weight is 391 g/mol. The lowest BCUT2D eigenvalue weighted by molar-refractivity contribution is -0.124. The van der Waals surface area contributed by atoms with E-state index in [0.717, 1.165) is 11.1 Å². The van der Waals surface area contributed by atoms with Gasteiger partial charge >= 0.3 is 5.97 Å². The third kappa shape index (κ3) is 4.22. The molecule has 0 radical (unpaired) electrons. The van der Waals surface area contributed by atoms with Gasteiger partial charge in [0.25, 0.3) is 5.91 Å². The van der Waals surface area contributed by atoms with Gasteiger partial charge in [0.1, 0.15) is 23.0 Å². The van der Waals surface area contributed by atoms with Crippen LogP contribution in [0, 0.1) is 25.2 Å². The van der Waals surface area contributed by atoms with Crippen molar-refractivity contribution in [3.63, 3.8) is 0 Å². The second-order valence-electron chi connectivity index (χ2n) is 6.64. The fourth-order valence-electron chi connectivity index (χ4n) is 3.17. The summed E-state index contributed by atoms with van der Waals surface area (Å²) in [6.07, 6.45) is 3.41. The number of benzene rings is 1. The smallest absolute Gasteiger partial charge is 0.343 e. The molecule has 0 spiro atoms. The predicted octanol–water partition coefficient (Wildman–Crippen LogP) is 3.59. The second-order valence-corrected chi connectivity index (χ2v) is 6.64. The molecule has 0 unspecified atom stereocenters. The Hall–Kier alpha value is -3.79. The number of carbonyl (C=O) groups excluding carboxylic acids is 2. The molecule has 2 aromatic heterocycles. The molecule has 0 aliphatic carbocycles. The van der Waals surface area contributed by atoms with Gasteiger partial charge in [-0.25, -0.2) is 4.79 Å². The lowest BCUT2D eigenvalue weighted by Gasteiger charge is -2.16. The second kappa shape index (κ2) is 8.48. The molecule has 3 rings (SSSR count). The molecular formula is C22H21N3O4. The number of hydrogen-bond donors (Lipinski definition) is 1. The minimum Gasteiger partial charge on any atom is -0.452 e. The molecule has 1 atom stereocenters. The third-order valence-corrected chi connectivity index (χ3v) is 4.59. The molecule has 7 nitrogen and oxygen atoms in total. The predicted molar refractivity (Wildman–Crippen MR) is 106 cm³/mol. The molecule has 0 bridgehead atoms. The Labute approximate surface area is 168 Å². The molecule has 0 aliphatic rings. The zero-order valence-electron chi connectivity index (χ0n) is 16.4. The fourth-order valence-corrected chi connectivity index (χ4v) is 3.17. The van der Waals surface area contributed by atoms with Gasteiger partial charge in [-0.1, -0.05) is 24.3 Å². The van der Waals surface area contributed by atoms with Crippen molar-refractivity contribution < 1.29 is 18.7 Å². The van der Waals surface area contributed by atoms with E-state index in [1.165, 1.54) is 0 Å². The van der Waals surface area contributed by atoms with E-state index in [1.807, 2.05) is 44.2 Å². The first-order valence-corrected chi connectivity index (χ1v) is 9.11. The lowest BCUT2D eigenvalue weighted by atomic mass is 10.0. The molecule has 7 heteroatoms. The summed E-state index contributed by atoms with van der Waals surface area (Å²) in [5, 5.41) is 12.3. The van der Waals surface area contributed by atoms with Gasteiger partial charge in [0.05, 0.1) is 6.04 Å². The number of carbonyl (C=O) groups is 2. The standard InChI is InChI=1S/C22H21N3O4/c1-14-8-4-5-9-17(14)15(2)24-19(26)13-28-22(27)20-16(3)29-21(18(20)12-23)25-10-6-7-11-25/h4-11,15H,13H2,1-3H3,(H,24,26)/t15-/m1/s1. The minimum atomic E-state index is -0.778. The summed E-state index contributed by atoms with van der Waals surface area (Å²) in [7, 11) is 0. The van der Waals surface area contributed by atoms with Crippen LogP contribution >= 0.6 is 0 Å². The average Bonchev–Trinajstić information content (AvgIpc) is 3.33. The van der Waals surface area contributed by atoms with E-state index in [2.05, 4.69) is 5.32 Å². The summed E-state index contributed by atoms with van der Waals surface area (Å²) in [6, 6.07) is 13.0. The molecule has 148 valence electrons. The zero-order valence-corrected chi connectivity index (χ0v) is 16.4. The molecule has 0 aliphatic heterocycles. The number of nitriles is 1. The summed E-state index contributed by atoms with van der Waals surface area (Å²) >= 11 is 0. The van der Waals surface area contributed by atoms with E-state index < -0.39 is 18.5 Å². The van der Waals surface area contributed by atoms with Gasteiger partial charge in [-0.05, 0) is 44.0 Å². The number of ether oxygens (including phenoxy) is 1. The first kappa shape index (κ1) is 20.0. The number of nitrogens with zero attached hydrogens (tertiary/aromatic N) is 2. The van der Waals surface area contributed by atoms with Crippen LogP contribution < -0.4 is 5.32 Å². The molecule has 0 saturated heterocycles. The molecule has 0 saturated carbocycles. The van der Waals surface area contributed by atoms with E-state index in [4.69, 9.17) is 9.15 Å². The van der Waals surface area contributed by atoms with Gasteiger partial charge in [0, 0.05) is 12.4 Å². The monoisotopic (exact) mass is 391 g/mol. The van der Waals surface area contributed by atoms with E-state index in [9.17, 15) is 14.9 Å². The van der Waals surface area contributed by atoms with Crippen molar-refractivity contribution >= 4 is 11.9 Å². The van der Waals surface area contributed by atoms with Gasteiger partial charge in [0.2, 0.25) is 5.88 Å². The van der Waals surface area contributed by atoms with Gasteiger partial charge in [-0.3, -0.25) is 9.36 Å². The highest BCUT2D eigenvalue weighted by molar-refractivity contribution is 5.95. The van der Waals surface area contributed by atoms with Crippen molar-refractivity contribution in [2.45, 2.75) is 26.8 Å². The van der Waals surface area contributed by atoms with E-state index in [1.54, 1.807) is 36.0 Å². The fraction of sp³-hybridized carbons (Fsp3) is 0.227. The maximum atomic E-state index is 12.5. The minimum absolute atomic E-state index is 0.0240. The van der Waals surface area contributed by atoms with E-state index >= 15 is 0 Å². The van der Waals surface area contributed by atoms with Gasteiger partial charge in [0.15, 0.2) is 6.61 Å². The largest absolute Gasteiger partial charge is 0.452 e. The van der Waals surface area contributed by atoms with Crippen LogP contribution in [0.2, 0.25) is 0 Å². The van der Waals surface area contributed by atoms with E-state index in [-0.39, 0.29) is 28.8 Å². The van der Waals surface area contributed by atoms with Crippen LogP contribution in [0.3, 0.4) is 0 Å². The number of rotatable bonds is 6. The van der Waals surface area contributed by atoms with Crippen LogP contribution in [-0.4, -0.2) is 23.1 Å². The topological polar surface area (TPSA) is 97.3 Å². The lowest BCUT2D eigenvalue weighted by Crippen LogP contribution is -2.31. The van der Waals surface area contributed by atoms with Crippen molar-refractivity contribution in [3.05, 3.63) is 76.8 Å². The summed E-state index contributed by atoms with van der Waals surface area (Å²) < 4.78 is 12.3. The number of aryl methyl sites for hydroxylation is 2. The van der Waals surface area contributed by atoms with Crippen LogP contribution in [0.5, 0.6) is 0 Å². The molecule has 2 heterocycles. The normalized spacial score (nSPS) is 11.5. The first-order chi connectivity index (χ1) is 13.9. The van der Waals surface area contributed by atoms with Gasteiger partial charge in [-0.15, -0.1) is 0 Å². The number of hydrogen-bond acceptors (Lipinski definition) is 5. The van der Waals surface area contributed by atoms with Crippen molar-refractivity contribution in [3.8, 4) is 12.0 Å². The Morgan fingerprint density at radius 3 is 2.55 bits per heavy atom. The SMILES string of the molecule is Cc1ccccc1[C@@H](C)NC(=O)COC(=O)c1c(C)oc(-n2cccc2)c1C#N. The zero-order chi connectivity index (χ0) is 21.0. The molecule has 1 amide bonds. The Bertz CT molecular complexity index is 1070. The Morgan fingerprint density at radius 2 is 1.90 bits per heavy atom. The number of esters is 1. The maximum Gasteiger partial charge on any atom is 0.343 e. The van der Waals surface area contributed by atoms with Crippen molar-refractivity contribution in [2.24, 2.45) is 0 Å². The van der Waals surface area contributed by atoms with Crippen LogP contribution in [0.1, 0.15) is 45.8 Å². The summed E-state index contributed by atoms with van der Waals surface area (Å²) in [5.41, 5.74) is 2.14. The molecule has 3 aromatic rings. The Morgan fingerprint density at radius 1 is 1.21 bits per heavy atom. The summed E-state index contributed by atoms with van der Waals surface area (Å²) in [4.78, 5) is 24.7. The number of amides is 1. The highest BCUT2D eigenvalue weighted by Crippen LogP contribution is 2.26. The highest BCUT2D eigenvalue weighted by Gasteiger charge is 2.26. The first-order valence-electron chi connectivity index (χ1n) is 9.11. The van der Waals surface area contributed by atoms with Crippen LogP contribution in [-0.2, 0) is 9.53 Å². The molecule has 1 aromatic carbocycles. The Balaban J connectivity index is 1.68. The van der Waals surface area contributed by atoms with Crippen molar-refractivity contribution in [1.29, 1.82) is 5.26 Å². The molecule has 1 N–H and O–H groups in total. The molecule has 0 fully saturated rings. The summed E-state index contributed by atoms with van der Waals surface area (Å²) in [6.45, 7) is 4.94. The summed E-state index contributed by atoms with van der Waals surface area (Å²) in [5.74, 6) is -0.720. The third-order valence-electron chi connectivity index (χ3n) is 4.59. The van der Waals surface area contributed by atoms with Crippen molar-refractivity contribution in [2.75, 3.05) is 6.61 Å². The highest BCUT2D eigenvalue weighted by atomic mass is 16.5. The van der Waals surface area contributed by atoms with Crippen LogP contribution in [0.15, 0.2) is 53.2 Å². The van der Waals surface area contributed by atoms with Crippen molar-refractivity contribution in [1.82, 2.24) is 9.88 Å². The van der Waals surface area contributed by atoms with Crippen LogP contribution in [0.25, 0.3) is 5.88 Å². The Kier molecular flexibility index (Phi) is 5.84. The van der Waals surface area contributed by atoms with E-state index in [0.29, 0.717) is 0 Å². The molecule has 29 heavy (non-hydrogen) atoms. The van der Waals surface area contributed by atoms with Gasteiger partial charge < -0.3 is 14.5 Å². The van der Waals surface area contributed by atoms with Gasteiger partial charge in [-0.2, -0.15) is 5.26 Å². The van der Waals surface area contributed by atoms with Crippen LogP contribution in [0.4, 0.5) is 0 Å². The number of furan rings is 1. The quantitative estimate of drug-likeness (QED) is 0.648. The number of nitrogens with one attached hydrogen (secondary N) is 1. The maximum absolute atomic E-state index is 12.5. The molecular weight excluding hydrogens is 370 g/mol.